The normalized spacial score (nSPS) is 10.2. The molecule has 0 heterocycles. The van der Waals surface area contributed by atoms with Crippen LogP contribution in [0.2, 0.25) is 5.02 Å². The molecule has 0 spiro atoms. The van der Waals surface area contributed by atoms with Crippen molar-refractivity contribution in [2.24, 2.45) is 0 Å². The Morgan fingerprint density at radius 2 is 2.06 bits per heavy atom. The highest BCUT2D eigenvalue weighted by atomic mass is 35.5. The van der Waals surface area contributed by atoms with Crippen LogP contribution in [-0.2, 0) is 4.74 Å². The van der Waals surface area contributed by atoms with Crippen LogP contribution in [0.15, 0.2) is 18.2 Å². The fraction of sp³-hybridized carbons (Fsp3) is 0.455. The van der Waals surface area contributed by atoms with Gasteiger partial charge in [0.15, 0.2) is 0 Å². The lowest BCUT2D eigenvalue weighted by atomic mass is 10.2. The summed E-state index contributed by atoms with van der Waals surface area (Å²) in [5.74, 6) is 0.782. The van der Waals surface area contributed by atoms with Crippen molar-refractivity contribution in [2.75, 3.05) is 19.8 Å². The second-order valence-corrected chi connectivity index (χ2v) is 3.84. The Hall–Kier alpha value is -0.945. The number of hydrogen-bond acceptors (Lipinski definition) is 5. The molecule has 0 bridgehead atoms. The molecule has 1 aromatic carbocycles. The van der Waals surface area contributed by atoms with Crippen molar-refractivity contribution in [3.8, 4) is 11.5 Å². The third-order valence-corrected chi connectivity index (χ3v) is 2.33. The van der Waals surface area contributed by atoms with E-state index in [9.17, 15) is 0 Å². The molecule has 18 heavy (non-hydrogen) atoms. The minimum atomic E-state index is -1.86. The molecule has 0 fully saturated rings. The summed E-state index contributed by atoms with van der Waals surface area (Å²) in [5, 5.41) is 17.6. The van der Waals surface area contributed by atoms with Gasteiger partial charge in [-0.2, -0.15) is 0 Å². The maximum atomic E-state index is 8.63. The third-order valence-electron chi connectivity index (χ3n) is 2.04. The minimum Gasteiger partial charge on any atom is -0.512 e. The molecule has 1 aromatic rings. The first kappa shape index (κ1) is 15.1. The van der Waals surface area contributed by atoms with E-state index in [1.807, 2.05) is 6.92 Å². The van der Waals surface area contributed by atoms with E-state index in [0.717, 1.165) is 6.42 Å². The van der Waals surface area contributed by atoms with Crippen molar-refractivity contribution in [1.82, 2.24) is 0 Å². The Balaban J connectivity index is 2.42. The molecule has 100 valence electrons. The molecule has 0 saturated heterocycles. The SMILES string of the molecule is CCOCCCOc1ccc(OB(O)O)cc1Cl. The molecule has 0 amide bonds. The van der Waals surface area contributed by atoms with Crippen molar-refractivity contribution in [1.29, 1.82) is 0 Å². The molecule has 0 atom stereocenters. The van der Waals surface area contributed by atoms with Crippen molar-refractivity contribution in [3.63, 3.8) is 0 Å². The van der Waals surface area contributed by atoms with Crippen LogP contribution in [0.1, 0.15) is 13.3 Å². The highest BCUT2D eigenvalue weighted by molar-refractivity contribution is 6.34. The first-order valence-electron chi connectivity index (χ1n) is 5.66. The monoisotopic (exact) mass is 274 g/mol. The number of halogens is 1. The van der Waals surface area contributed by atoms with Crippen LogP contribution in [0.25, 0.3) is 0 Å². The summed E-state index contributed by atoms with van der Waals surface area (Å²) < 4.78 is 15.3. The second-order valence-electron chi connectivity index (χ2n) is 3.44. The lowest BCUT2D eigenvalue weighted by Crippen LogP contribution is -2.20. The lowest BCUT2D eigenvalue weighted by molar-refractivity contribution is 0.131. The van der Waals surface area contributed by atoms with E-state index < -0.39 is 7.32 Å². The smallest absolute Gasteiger partial charge is 0.512 e. The third kappa shape index (κ3) is 5.60. The minimum absolute atomic E-state index is 0.261. The predicted octanol–water partition coefficient (Wildman–Crippen LogP) is 1.49. The summed E-state index contributed by atoms with van der Waals surface area (Å²) in [6.45, 7) is 3.77. The Morgan fingerprint density at radius 3 is 2.67 bits per heavy atom. The van der Waals surface area contributed by atoms with E-state index in [1.165, 1.54) is 6.07 Å². The molecule has 7 heteroatoms. The largest absolute Gasteiger partial charge is 0.707 e. The maximum Gasteiger partial charge on any atom is 0.707 e. The fourth-order valence-corrected chi connectivity index (χ4v) is 1.51. The summed E-state index contributed by atoms with van der Waals surface area (Å²) in [6, 6.07) is 4.61. The van der Waals surface area contributed by atoms with Crippen LogP contribution in [0.4, 0.5) is 0 Å². The number of rotatable bonds is 8. The van der Waals surface area contributed by atoms with Gasteiger partial charge >= 0.3 is 7.32 Å². The molecular weight excluding hydrogens is 258 g/mol. The Labute approximate surface area is 111 Å². The van der Waals surface area contributed by atoms with E-state index >= 15 is 0 Å². The van der Waals surface area contributed by atoms with E-state index in [0.29, 0.717) is 30.6 Å². The summed E-state index contributed by atoms with van der Waals surface area (Å²) in [5.41, 5.74) is 0. The summed E-state index contributed by atoms with van der Waals surface area (Å²) in [6.07, 6.45) is 0.776. The molecular formula is C11H16BClO5. The van der Waals surface area contributed by atoms with Gasteiger partial charge in [-0.25, -0.2) is 0 Å². The highest BCUT2D eigenvalue weighted by Gasteiger charge is 2.12. The van der Waals surface area contributed by atoms with Gasteiger partial charge in [0.25, 0.3) is 0 Å². The zero-order chi connectivity index (χ0) is 13.4. The van der Waals surface area contributed by atoms with Crippen LogP contribution >= 0.6 is 11.6 Å². The summed E-state index contributed by atoms with van der Waals surface area (Å²) >= 11 is 5.95. The highest BCUT2D eigenvalue weighted by Crippen LogP contribution is 2.28. The van der Waals surface area contributed by atoms with Crippen LogP contribution in [0.3, 0.4) is 0 Å². The molecule has 5 nitrogen and oxygen atoms in total. The lowest BCUT2D eigenvalue weighted by Gasteiger charge is -2.10. The van der Waals surface area contributed by atoms with E-state index in [-0.39, 0.29) is 5.75 Å². The van der Waals surface area contributed by atoms with Crippen molar-refractivity contribution in [3.05, 3.63) is 23.2 Å². The van der Waals surface area contributed by atoms with Crippen LogP contribution in [0, 0.1) is 0 Å². The van der Waals surface area contributed by atoms with Gasteiger partial charge in [-0.1, -0.05) is 11.6 Å². The second kappa shape index (κ2) is 8.21. The van der Waals surface area contributed by atoms with Gasteiger partial charge in [-0.3, -0.25) is 0 Å². The zero-order valence-electron chi connectivity index (χ0n) is 10.1. The standard InChI is InChI=1S/C11H16BClO5/c1-2-16-6-3-7-17-11-5-4-9(8-10(11)13)18-12(14)15/h4-5,8,14-15H,2-3,6-7H2,1H3. The van der Waals surface area contributed by atoms with Crippen LogP contribution in [-0.4, -0.2) is 37.2 Å². The summed E-state index contributed by atoms with van der Waals surface area (Å²) in [7, 11) is -1.86. The zero-order valence-corrected chi connectivity index (χ0v) is 10.9. The number of hydrogen-bond donors (Lipinski definition) is 2. The van der Waals surface area contributed by atoms with E-state index in [4.69, 9.17) is 31.1 Å². The van der Waals surface area contributed by atoms with E-state index in [1.54, 1.807) is 12.1 Å². The number of ether oxygens (including phenoxy) is 2. The van der Waals surface area contributed by atoms with Gasteiger partial charge in [-0.05, 0) is 19.1 Å². The molecule has 0 saturated carbocycles. The molecule has 1 rings (SSSR count). The Morgan fingerprint density at radius 1 is 1.28 bits per heavy atom. The fourth-order valence-electron chi connectivity index (χ4n) is 1.28. The number of benzene rings is 1. The molecule has 2 N–H and O–H groups in total. The topological polar surface area (TPSA) is 68.2 Å². The first-order chi connectivity index (χ1) is 8.63. The van der Waals surface area contributed by atoms with Crippen molar-refractivity contribution >= 4 is 18.9 Å². The molecule has 0 radical (unpaired) electrons. The van der Waals surface area contributed by atoms with Crippen molar-refractivity contribution < 1.29 is 24.2 Å². The van der Waals surface area contributed by atoms with Gasteiger partial charge in [0.2, 0.25) is 0 Å². The predicted molar refractivity (Wildman–Crippen MR) is 68.9 cm³/mol. The van der Waals surface area contributed by atoms with Crippen LogP contribution in [0.5, 0.6) is 11.5 Å². The average molecular weight is 275 g/mol. The molecule has 0 aromatic heterocycles. The summed E-state index contributed by atoms with van der Waals surface area (Å²) in [4.78, 5) is 0. The maximum absolute atomic E-state index is 8.63. The molecule has 0 aliphatic rings. The van der Waals surface area contributed by atoms with Crippen LogP contribution < -0.4 is 9.39 Å². The Kier molecular flexibility index (Phi) is 6.89. The van der Waals surface area contributed by atoms with Crippen molar-refractivity contribution in [2.45, 2.75) is 13.3 Å². The van der Waals surface area contributed by atoms with Gasteiger partial charge in [-0.15, -0.1) is 0 Å². The van der Waals surface area contributed by atoms with Gasteiger partial charge in [0.1, 0.15) is 11.5 Å². The van der Waals surface area contributed by atoms with Gasteiger partial charge in [0.05, 0.1) is 11.6 Å². The molecule has 0 aliphatic carbocycles. The van der Waals surface area contributed by atoms with E-state index in [2.05, 4.69) is 4.65 Å². The quantitative estimate of drug-likeness (QED) is 0.555. The molecule has 0 aliphatic heterocycles. The first-order valence-corrected chi connectivity index (χ1v) is 6.04. The van der Waals surface area contributed by atoms with Gasteiger partial charge in [0, 0.05) is 25.7 Å². The molecule has 0 unspecified atom stereocenters. The van der Waals surface area contributed by atoms with Gasteiger partial charge < -0.3 is 24.2 Å². The average Bonchev–Trinajstić information content (AvgIpc) is 2.30. The Bertz CT molecular complexity index is 361.